The molecule has 0 bridgehead atoms. The molecule has 0 radical (unpaired) electrons. The topological polar surface area (TPSA) is 109 Å². The summed E-state index contributed by atoms with van der Waals surface area (Å²) in [6, 6.07) is 21.8. The summed E-state index contributed by atoms with van der Waals surface area (Å²) in [4.78, 5) is 11.0. The number of anilines is 1. The third kappa shape index (κ3) is 4.76. The van der Waals surface area contributed by atoms with Crippen LogP contribution in [0.5, 0.6) is 0 Å². The van der Waals surface area contributed by atoms with Crippen LogP contribution in [0, 0.1) is 0 Å². The van der Waals surface area contributed by atoms with Gasteiger partial charge in [-0.15, -0.1) is 0 Å². The van der Waals surface area contributed by atoms with Crippen LogP contribution >= 0.6 is 0 Å². The number of carboxylic acids is 1. The van der Waals surface area contributed by atoms with Gasteiger partial charge in [0.05, 0.1) is 4.90 Å². The molecule has 0 amide bonds. The Morgan fingerprint density at radius 3 is 2.21 bits per heavy atom. The minimum absolute atomic E-state index is 0.108. The lowest BCUT2D eigenvalue weighted by Crippen LogP contribution is -2.32. The quantitative estimate of drug-likeness (QED) is 0.568. The fourth-order valence-corrected chi connectivity index (χ4v) is 3.82. The number of nitrogens with one attached hydrogen (secondary N) is 1. The van der Waals surface area contributed by atoms with E-state index in [0.717, 1.165) is 11.1 Å². The SMILES string of the molecule is N[C@@H](Cc1cccc(NS(=O)(=O)c2ccc(-c3ccccc3)cc2)c1)C(=O)O. The summed E-state index contributed by atoms with van der Waals surface area (Å²) in [5.41, 5.74) is 8.45. The molecule has 7 heteroatoms. The zero-order valence-corrected chi connectivity index (χ0v) is 15.8. The van der Waals surface area contributed by atoms with E-state index in [0.29, 0.717) is 11.3 Å². The highest BCUT2D eigenvalue weighted by Gasteiger charge is 2.16. The number of benzene rings is 3. The molecule has 0 aromatic heterocycles. The van der Waals surface area contributed by atoms with Crippen LogP contribution in [0.1, 0.15) is 5.56 Å². The molecule has 0 saturated carbocycles. The second-order valence-corrected chi connectivity index (χ2v) is 8.03. The van der Waals surface area contributed by atoms with Crippen LogP contribution in [0.15, 0.2) is 83.8 Å². The lowest BCUT2D eigenvalue weighted by Gasteiger charge is -2.11. The zero-order valence-electron chi connectivity index (χ0n) is 14.9. The molecule has 0 aliphatic carbocycles. The average molecular weight is 396 g/mol. The van der Waals surface area contributed by atoms with Gasteiger partial charge in [-0.05, 0) is 47.4 Å². The maximum Gasteiger partial charge on any atom is 0.320 e. The van der Waals surface area contributed by atoms with Gasteiger partial charge < -0.3 is 10.8 Å². The van der Waals surface area contributed by atoms with Crippen molar-refractivity contribution in [3.05, 3.63) is 84.4 Å². The summed E-state index contributed by atoms with van der Waals surface area (Å²) >= 11 is 0. The Morgan fingerprint density at radius 1 is 0.929 bits per heavy atom. The first-order valence-electron chi connectivity index (χ1n) is 8.61. The van der Waals surface area contributed by atoms with Crippen molar-refractivity contribution in [2.24, 2.45) is 5.73 Å². The van der Waals surface area contributed by atoms with Crippen LogP contribution in [0.2, 0.25) is 0 Å². The summed E-state index contributed by atoms with van der Waals surface area (Å²) in [6.45, 7) is 0. The van der Waals surface area contributed by atoms with E-state index in [4.69, 9.17) is 10.8 Å². The molecule has 0 aliphatic heterocycles. The van der Waals surface area contributed by atoms with Gasteiger partial charge in [-0.25, -0.2) is 8.42 Å². The molecule has 0 heterocycles. The largest absolute Gasteiger partial charge is 0.480 e. The first kappa shape index (κ1) is 19.6. The van der Waals surface area contributed by atoms with Crippen molar-refractivity contribution < 1.29 is 18.3 Å². The Labute approximate surface area is 163 Å². The molecule has 0 saturated heterocycles. The minimum Gasteiger partial charge on any atom is -0.480 e. The molecule has 0 aliphatic rings. The molecular weight excluding hydrogens is 376 g/mol. The zero-order chi connectivity index (χ0) is 20.1. The molecule has 3 aromatic rings. The van der Waals surface area contributed by atoms with Gasteiger partial charge in [0.1, 0.15) is 6.04 Å². The minimum atomic E-state index is -3.77. The maximum atomic E-state index is 12.7. The molecule has 1 atom stereocenters. The van der Waals surface area contributed by atoms with Crippen molar-refractivity contribution in [1.82, 2.24) is 0 Å². The maximum absolute atomic E-state index is 12.7. The third-order valence-electron chi connectivity index (χ3n) is 4.22. The van der Waals surface area contributed by atoms with Gasteiger partial charge >= 0.3 is 5.97 Å². The standard InChI is InChI=1S/C21H20N2O4S/c22-20(21(24)25)14-15-5-4-8-18(13-15)23-28(26,27)19-11-9-17(10-12-19)16-6-2-1-3-7-16/h1-13,20,23H,14,22H2,(H,24,25)/t20-/m0/s1. The number of carboxylic acid groups (broad SMARTS) is 1. The fraction of sp³-hybridized carbons (Fsp3) is 0.0952. The molecule has 3 rings (SSSR count). The molecule has 0 spiro atoms. The van der Waals surface area contributed by atoms with E-state index >= 15 is 0 Å². The van der Waals surface area contributed by atoms with E-state index in [-0.39, 0.29) is 11.3 Å². The predicted molar refractivity (Wildman–Crippen MR) is 108 cm³/mol. The fourth-order valence-electron chi connectivity index (χ4n) is 2.77. The summed E-state index contributed by atoms with van der Waals surface area (Å²) in [7, 11) is -3.77. The van der Waals surface area contributed by atoms with Crippen LogP contribution < -0.4 is 10.5 Å². The van der Waals surface area contributed by atoms with Crippen molar-refractivity contribution in [3.63, 3.8) is 0 Å². The van der Waals surface area contributed by atoms with E-state index in [2.05, 4.69) is 4.72 Å². The van der Waals surface area contributed by atoms with Gasteiger partial charge in [-0.1, -0.05) is 54.6 Å². The van der Waals surface area contributed by atoms with Crippen molar-refractivity contribution in [3.8, 4) is 11.1 Å². The molecule has 3 aromatic carbocycles. The van der Waals surface area contributed by atoms with E-state index < -0.39 is 22.0 Å². The number of sulfonamides is 1. The summed E-state index contributed by atoms with van der Waals surface area (Å²) in [5, 5.41) is 8.92. The lowest BCUT2D eigenvalue weighted by molar-refractivity contribution is -0.138. The van der Waals surface area contributed by atoms with Crippen LogP contribution in [0.4, 0.5) is 5.69 Å². The number of nitrogens with two attached hydrogens (primary N) is 1. The van der Waals surface area contributed by atoms with Crippen molar-refractivity contribution in [2.45, 2.75) is 17.4 Å². The summed E-state index contributed by atoms with van der Waals surface area (Å²) in [6.07, 6.45) is 0.108. The molecule has 6 nitrogen and oxygen atoms in total. The van der Waals surface area contributed by atoms with Gasteiger partial charge in [-0.3, -0.25) is 9.52 Å². The molecule has 4 N–H and O–H groups in total. The second-order valence-electron chi connectivity index (χ2n) is 6.35. The van der Waals surface area contributed by atoms with E-state index in [1.165, 1.54) is 0 Å². The van der Waals surface area contributed by atoms with Crippen LogP contribution in [-0.4, -0.2) is 25.5 Å². The smallest absolute Gasteiger partial charge is 0.320 e. The third-order valence-corrected chi connectivity index (χ3v) is 5.62. The molecule has 28 heavy (non-hydrogen) atoms. The highest BCUT2D eigenvalue weighted by atomic mass is 32.2. The number of rotatable bonds is 7. The van der Waals surface area contributed by atoms with Crippen LogP contribution in [0.25, 0.3) is 11.1 Å². The van der Waals surface area contributed by atoms with E-state index in [1.807, 2.05) is 30.3 Å². The normalized spacial score (nSPS) is 12.3. The highest BCUT2D eigenvalue weighted by molar-refractivity contribution is 7.92. The summed E-state index contributed by atoms with van der Waals surface area (Å²) in [5.74, 6) is -1.11. The lowest BCUT2D eigenvalue weighted by atomic mass is 10.1. The van der Waals surface area contributed by atoms with E-state index in [1.54, 1.807) is 48.5 Å². The number of carbonyl (C=O) groups is 1. The predicted octanol–water partition coefficient (Wildman–Crippen LogP) is 3.11. The van der Waals surface area contributed by atoms with Gasteiger partial charge in [0.25, 0.3) is 10.0 Å². The van der Waals surface area contributed by atoms with Crippen molar-refractivity contribution in [1.29, 1.82) is 0 Å². The molecule has 0 fully saturated rings. The van der Waals surface area contributed by atoms with Crippen molar-refractivity contribution >= 4 is 21.7 Å². The van der Waals surface area contributed by atoms with Gasteiger partial charge in [0.15, 0.2) is 0 Å². The van der Waals surface area contributed by atoms with Gasteiger partial charge in [0, 0.05) is 5.69 Å². The Balaban J connectivity index is 1.77. The molecule has 0 unspecified atom stereocenters. The monoisotopic (exact) mass is 396 g/mol. The van der Waals surface area contributed by atoms with Crippen LogP contribution in [-0.2, 0) is 21.2 Å². The number of hydrogen-bond acceptors (Lipinski definition) is 4. The van der Waals surface area contributed by atoms with Gasteiger partial charge in [0.2, 0.25) is 0 Å². The Morgan fingerprint density at radius 2 is 1.57 bits per heavy atom. The average Bonchev–Trinajstić information content (AvgIpc) is 2.68. The summed E-state index contributed by atoms with van der Waals surface area (Å²) < 4.78 is 27.8. The molecule has 144 valence electrons. The first-order valence-corrected chi connectivity index (χ1v) is 10.1. The Hall–Kier alpha value is -3.16. The second kappa shape index (κ2) is 8.24. The first-order chi connectivity index (χ1) is 13.3. The Bertz CT molecular complexity index is 1070. The highest BCUT2D eigenvalue weighted by Crippen LogP contribution is 2.23. The van der Waals surface area contributed by atoms with E-state index in [9.17, 15) is 13.2 Å². The Kier molecular flexibility index (Phi) is 5.77. The van der Waals surface area contributed by atoms with Gasteiger partial charge in [-0.2, -0.15) is 0 Å². The molecular formula is C21H20N2O4S. The number of aliphatic carboxylic acids is 1. The number of hydrogen-bond donors (Lipinski definition) is 3. The van der Waals surface area contributed by atoms with Crippen molar-refractivity contribution in [2.75, 3.05) is 4.72 Å². The van der Waals surface area contributed by atoms with Crippen LogP contribution in [0.3, 0.4) is 0 Å².